The molecule has 1 aromatic heterocycles. The van der Waals surface area contributed by atoms with Crippen LogP contribution in [0.5, 0.6) is 11.5 Å². The summed E-state index contributed by atoms with van der Waals surface area (Å²) in [5, 5.41) is 24.3. The first-order valence-electron chi connectivity index (χ1n) is 11.7. The fourth-order valence-corrected chi connectivity index (χ4v) is 7.47. The third-order valence-corrected chi connectivity index (χ3v) is 8.96. The molecule has 160 valence electrons. The fourth-order valence-electron chi connectivity index (χ4n) is 7.47. The summed E-state index contributed by atoms with van der Waals surface area (Å²) in [6.45, 7) is 2.78. The number of phenols is 1. The number of nitrogens with zero attached hydrogens (tertiary/aromatic N) is 2. The first-order valence-corrected chi connectivity index (χ1v) is 11.7. The molecule has 6 aliphatic rings. The molecule has 2 bridgehead atoms. The van der Waals surface area contributed by atoms with Gasteiger partial charge in [-0.3, -0.25) is 9.89 Å². The Balaban J connectivity index is 1.42. The minimum atomic E-state index is -0.964. The highest BCUT2D eigenvalue weighted by molar-refractivity contribution is 5.64. The molecule has 1 saturated carbocycles. The van der Waals surface area contributed by atoms with Crippen molar-refractivity contribution in [2.75, 3.05) is 19.6 Å². The maximum absolute atomic E-state index is 12.7. The highest BCUT2D eigenvalue weighted by Gasteiger charge is 2.73. The molecule has 0 amide bonds. The number of fused-ring (bicyclic) bond motifs is 4. The van der Waals surface area contributed by atoms with Gasteiger partial charge >= 0.3 is 0 Å². The zero-order valence-electron chi connectivity index (χ0n) is 17.4. The summed E-state index contributed by atoms with van der Waals surface area (Å²) in [6, 6.07) is 3.84. The van der Waals surface area contributed by atoms with E-state index in [0.717, 1.165) is 72.5 Å². The summed E-state index contributed by atoms with van der Waals surface area (Å²) in [4.78, 5) is 7.33. The van der Waals surface area contributed by atoms with Gasteiger partial charge in [0, 0.05) is 36.7 Å². The lowest BCUT2D eigenvalue weighted by Crippen LogP contribution is -2.74. The first kappa shape index (κ1) is 17.3. The van der Waals surface area contributed by atoms with Crippen LogP contribution in [0.4, 0.5) is 0 Å². The van der Waals surface area contributed by atoms with Gasteiger partial charge in [0.25, 0.3) is 0 Å². The minimum Gasteiger partial charge on any atom is -0.504 e. The summed E-state index contributed by atoms with van der Waals surface area (Å²) in [7, 11) is 0. The number of aromatic hydroxyl groups is 1. The summed E-state index contributed by atoms with van der Waals surface area (Å²) in [5.74, 6) is 2.31. The van der Waals surface area contributed by atoms with E-state index in [4.69, 9.17) is 14.1 Å². The SMILES string of the molecule is Oc1ccc2c3c1O[C@H]1c4oc5c(c4C[C@@]4(O)C(C2)N(CC2CC2)CC[C@]314)=NCCC=5. The lowest BCUT2D eigenvalue weighted by molar-refractivity contribution is -0.176. The molecule has 6 nitrogen and oxygen atoms in total. The number of furan rings is 1. The number of phenolic OH excluding ortho intramolecular Hbond substituents is 1. The molecule has 4 heterocycles. The van der Waals surface area contributed by atoms with Gasteiger partial charge in [-0.2, -0.15) is 0 Å². The number of piperidine rings is 1. The van der Waals surface area contributed by atoms with Gasteiger partial charge in [-0.15, -0.1) is 0 Å². The Morgan fingerprint density at radius 3 is 3.03 bits per heavy atom. The number of likely N-dealkylation sites (tertiary alicyclic amines) is 1. The van der Waals surface area contributed by atoms with E-state index in [9.17, 15) is 10.2 Å². The van der Waals surface area contributed by atoms with Gasteiger partial charge in [0.2, 0.25) is 0 Å². The summed E-state index contributed by atoms with van der Waals surface area (Å²) >= 11 is 0. The van der Waals surface area contributed by atoms with Crippen LogP contribution in [0.1, 0.15) is 54.2 Å². The van der Waals surface area contributed by atoms with E-state index in [0.29, 0.717) is 12.2 Å². The Hall–Kier alpha value is -2.31. The van der Waals surface area contributed by atoms with E-state index in [1.807, 2.05) is 6.07 Å². The van der Waals surface area contributed by atoms with Crippen LogP contribution in [0.2, 0.25) is 0 Å². The van der Waals surface area contributed by atoms with Crippen LogP contribution in [-0.4, -0.2) is 46.4 Å². The highest BCUT2D eigenvalue weighted by Crippen LogP contribution is 2.68. The normalized spacial score (nSPS) is 36.5. The van der Waals surface area contributed by atoms with Crippen LogP contribution in [-0.2, 0) is 18.3 Å². The molecule has 1 aromatic carbocycles. The van der Waals surface area contributed by atoms with Crippen LogP contribution in [0.15, 0.2) is 21.5 Å². The Morgan fingerprint density at radius 1 is 1.26 bits per heavy atom. The van der Waals surface area contributed by atoms with E-state index in [2.05, 4.69) is 11.0 Å². The largest absolute Gasteiger partial charge is 0.504 e. The zero-order valence-corrected chi connectivity index (χ0v) is 17.4. The van der Waals surface area contributed by atoms with E-state index in [-0.39, 0.29) is 11.8 Å². The molecule has 1 saturated heterocycles. The number of benzene rings is 1. The van der Waals surface area contributed by atoms with Crippen molar-refractivity contribution in [3.8, 4) is 11.5 Å². The fraction of sp³-hybridized carbons (Fsp3) is 0.560. The molecule has 1 unspecified atom stereocenters. The Morgan fingerprint density at radius 2 is 2.16 bits per heavy atom. The summed E-state index contributed by atoms with van der Waals surface area (Å²) in [5.41, 5.74) is 2.54. The van der Waals surface area contributed by atoms with Gasteiger partial charge in [0.05, 0.1) is 11.0 Å². The van der Waals surface area contributed by atoms with E-state index in [1.54, 1.807) is 6.07 Å². The Bertz CT molecular complexity index is 1280. The topological polar surface area (TPSA) is 78.4 Å². The molecular formula is C25H26N2O4. The number of ether oxygens (including phenoxy) is 1. The number of aliphatic hydroxyl groups is 1. The standard InChI is InChI=1S/C25H26N2O4/c28-16-6-5-14-10-18-25(29)11-15-20-17(2-1-8-26-20)30-21(15)23-24(25,19(14)22(16)31-23)7-9-27(18)12-13-3-4-13/h2,5-6,13,18,23,28-29H,1,3-4,7-12H2/t18?,23-,24-,25+/m0/s1. The van der Waals surface area contributed by atoms with E-state index < -0.39 is 17.1 Å². The number of hydrogen-bond donors (Lipinski definition) is 2. The second kappa shape index (κ2) is 5.36. The average molecular weight is 418 g/mol. The third kappa shape index (κ3) is 1.88. The molecule has 8 rings (SSSR count). The van der Waals surface area contributed by atoms with Crippen molar-refractivity contribution in [3.63, 3.8) is 0 Å². The predicted octanol–water partition coefficient (Wildman–Crippen LogP) is 1.49. The molecule has 2 aromatic rings. The van der Waals surface area contributed by atoms with Crippen molar-refractivity contribution in [3.05, 3.63) is 45.4 Å². The second-order valence-corrected chi connectivity index (χ2v) is 10.5. The predicted molar refractivity (Wildman–Crippen MR) is 112 cm³/mol. The van der Waals surface area contributed by atoms with Crippen LogP contribution in [0.3, 0.4) is 0 Å². The van der Waals surface area contributed by atoms with Gasteiger partial charge in [-0.05, 0) is 62.3 Å². The van der Waals surface area contributed by atoms with E-state index in [1.165, 1.54) is 18.4 Å². The highest BCUT2D eigenvalue weighted by atomic mass is 16.5. The first-order chi connectivity index (χ1) is 15.1. The molecule has 3 aliphatic carbocycles. The molecule has 0 radical (unpaired) electrons. The molecule has 2 fully saturated rings. The molecular weight excluding hydrogens is 392 g/mol. The van der Waals surface area contributed by atoms with Crippen molar-refractivity contribution < 1.29 is 19.4 Å². The van der Waals surface area contributed by atoms with Crippen molar-refractivity contribution in [1.29, 1.82) is 0 Å². The maximum atomic E-state index is 12.7. The smallest absolute Gasteiger partial charge is 0.169 e. The van der Waals surface area contributed by atoms with Gasteiger partial charge in [0.15, 0.2) is 23.4 Å². The van der Waals surface area contributed by atoms with Crippen LogP contribution >= 0.6 is 0 Å². The summed E-state index contributed by atoms with van der Waals surface area (Å²) < 4.78 is 12.9. The quantitative estimate of drug-likeness (QED) is 0.773. The number of hydrogen-bond acceptors (Lipinski definition) is 6. The molecule has 6 heteroatoms. The zero-order chi connectivity index (χ0) is 20.5. The lowest BCUT2D eigenvalue weighted by atomic mass is 9.49. The molecule has 1 spiro atoms. The minimum absolute atomic E-state index is 0.0437. The van der Waals surface area contributed by atoms with Crippen molar-refractivity contribution >= 4 is 6.08 Å². The van der Waals surface area contributed by atoms with Crippen molar-refractivity contribution in [1.82, 2.24) is 4.90 Å². The molecule has 3 aliphatic heterocycles. The Kier molecular flexibility index (Phi) is 2.98. The van der Waals surface area contributed by atoms with Crippen molar-refractivity contribution in [2.24, 2.45) is 10.9 Å². The van der Waals surface area contributed by atoms with Crippen LogP contribution in [0.25, 0.3) is 6.08 Å². The third-order valence-electron chi connectivity index (χ3n) is 8.96. The second-order valence-electron chi connectivity index (χ2n) is 10.5. The molecule has 31 heavy (non-hydrogen) atoms. The van der Waals surface area contributed by atoms with Crippen molar-refractivity contribution in [2.45, 2.75) is 61.7 Å². The van der Waals surface area contributed by atoms with Gasteiger partial charge < -0.3 is 19.4 Å². The maximum Gasteiger partial charge on any atom is 0.169 e. The van der Waals surface area contributed by atoms with Crippen LogP contribution in [0, 0.1) is 5.92 Å². The summed E-state index contributed by atoms with van der Waals surface area (Å²) in [6.07, 6.45) is 7.34. The molecule has 4 atom stereocenters. The van der Waals surface area contributed by atoms with Gasteiger partial charge in [-0.25, -0.2) is 0 Å². The number of rotatable bonds is 2. The van der Waals surface area contributed by atoms with Crippen LogP contribution < -0.4 is 15.5 Å². The monoisotopic (exact) mass is 418 g/mol. The Labute approximate surface area is 179 Å². The lowest BCUT2D eigenvalue weighted by Gasteiger charge is -2.62. The molecule has 2 N–H and O–H groups in total. The van der Waals surface area contributed by atoms with Gasteiger partial charge in [0.1, 0.15) is 10.8 Å². The van der Waals surface area contributed by atoms with E-state index >= 15 is 0 Å². The van der Waals surface area contributed by atoms with Gasteiger partial charge in [-0.1, -0.05) is 6.07 Å². The average Bonchev–Trinajstić information content (AvgIpc) is 3.40.